The van der Waals surface area contributed by atoms with Crippen molar-refractivity contribution in [2.24, 2.45) is 0 Å². The van der Waals surface area contributed by atoms with Crippen molar-refractivity contribution < 1.29 is 5.11 Å². The number of fused-ring (bicyclic) bond motifs is 1. The highest BCUT2D eigenvalue weighted by atomic mass is 16.3. The minimum absolute atomic E-state index is 0.695. The summed E-state index contributed by atoms with van der Waals surface area (Å²) in [6, 6.07) is 25.1. The summed E-state index contributed by atoms with van der Waals surface area (Å²) in [5.41, 5.74) is 1.60. The molecule has 0 spiro atoms. The highest BCUT2D eigenvalue weighted by molar-refractivity contribution is 5.83. The standard InChI is InChI=1S/C21H21NO/c23-21(20-11-10-18-8-4-5-9-19(18)14-20)12-13-22(16-21)15-17-6-2-1-3-7-17/h1-11,14,23H,12-13,15-16H2/t21-/m0/s1. The SMILES string of the molecule is O[C@@]1(c2ccc3ccccc3c2)CCN(Cc2ccccc2)C1. The van der Waals surface area contributed by atoms with Crippen LogP contribution in [0.3, 0.4) is 0 Å². The smallest absolute Gasteiger partial charge is 0.103 e. The number of nitrogens with zero attached hydrogens (tertiary/aromatic N) is 1. The van der Waals surface area contributed by atoms with Crippen molar-refractivity contribution >= 4 is 10.8 Å². The lowest BCUT2D eigenvalue weighted by molar-refractivity contribution is 0.0454. The lowest BCUT2D eigenvalue weighted by Crippen LogP contribution is -2.30. The van der Waals surface area contributed by atoms with Gasteiger partial charge in [-0.05, 0) is 34.4 Å². The molecule has 3 aromatic carbocycles. The van der Waals surface area contributed by atoms with Gasteiger partial charge in [-0.25, -0.2) is 0 Å². The van der Waals surface area contributed by atoms with E-state index in [2.05, 4.69) is 59.5 Å². The van der Waals surface area contributed by atoms with Crippen LogP contribution in [0.2, 0.25) is 0 Å². The lowest BCUT2D eigenvalue weighted by Gasteiger charge is -2.24. The molecule has 0 saturated carbocycles. The van der Waals surface area contributed by atoms with Gasteiger partial charge >= 0.3 is 0 Å². The number of rotatable bonds is 3. The second-order valence-corrected chi connectivity index (χ2v) is 6.54. The Morgan fingerprint density at radius 1 is 0.870 bits per heavy atom. The third-order valence-electron chi connectivity index (χ3n) is 4.86. The van der Waals surface area contributed by atoms with Crippen LogP contribution < -0.4 is 0 Å². The number of hydrogen-bond acceptors (Lipinski definition) is 2. The first-order valence-electron chi connectivity index (χ1n) is 8.21. The Morgan fingerprint density at radius 2 is 1.61 bits per heavy atom. The highest BCUT2D eigenvalue weighted by Gasteiger charge is 2.37. The molecule has 2 nitrogen and oxygen atoms in total. The first kappa shape index (κ1) is 14.4. The second-order valence-electron chi connectivity index (χ2n) is 6.54. The lowest BCUT2D eigenvalue weighted by atomic mass is 9.91. The molecule has 1 N–H and O–H groups in total. The van der Waals surface area contributed by atoms with E-state index in [0.29, 0.717) is 6.54 Å². The van der Waals surface area contributed by atoms with Crippen molar-refractivity contribution in [3.05, 3.63) is 83.9 Å². The predicted octanol–water partition coefficient (Wildman–Crippen LogP) is 3.93. The molecule has 2 heteroatoms. The van der Waals surface area contributed by atoms with E-state index in [1.165, 1.54) is 16.3 Å². The summed E-state index contributed by atoms with van der Waals surface area (Å²) in [7, 11) is 0. The first-order valence-corrected chi connectivity index (χ1v) is 8.21. The minimum atomic E-state index is -0.737. The molecule has 1 aliphatic heterocycles. The Kier molecular flexibility index (Phi) is 3.64. The summed E-state index contributed by atoms with van der Waals surface area (Å²) < 4.78 is 0. The summed E-state index contributed by atoms with van der Waals surface area (Å²) >= 11 is 0. The molecule has 0 bridgehead atoms. The van der Waals surface area contributed by atoms with Crippen molar-refractivity contribution in [3.63, 3.8) is 0 Å². The van der Waals surface area contributed by atoms with Crippen LogP contribution in [0.5, 0.6) is 0 Å². The van der Waals surface area contributed by atoms with Crippen LogP contribution in [0.25, 0.3) is 10.8 Å². The van der Waals surface area contributed by atoms with Crippen LogP contribution in [0, 0.1) is 0 Å². The van der Waals surface area contributed by atoms with E-state index >= 15 is 0 Å². The van der Waals surface area contributed by atoms with Crippen LogP contribution in [-0.2, 0) is 12.1 Å². The van der Waals surface area contributed by atoms with Gasteiger partial charge in [-0.1, -0.05) is 66.7 Å². The van der Waals surface area contributed by atoms with Crippen LogP contribution in [0.15, 0.2) is 72.8 Å². The molecule has 1 atom stereocenters. The molecule has 0 radical (unpaired) electrons. The molecule has 0 unspecified atom stereocenters. The van der Waals surface area contributed by atoms with Crippen LogP contribution in [0.1, 0.15) is 17.5 Å². The topological polar surface area (TPSA) is 23.5 Å². The third-order valence-corrected chi connectivity index (χ3v) is 4.86. The molecule has 1 heterocycles. The molecule has 23 heavy (non-hydrogen) atoms. The van der Waals surface area contributed by atoms with Gasteiger partial charge in [0.05, 0.1) is 0 Å². The van der Waals surface area contributed by atoms with Crippen molar-refractivity contribution in [2.45, 2.75) is 18.6 Å². The van der Waals surface area contributed by atoms with Crippen molar-refractivity contribution in [1.82, 2.24) is 4.90 Å². The molecule has 1 aliphatic rings. The van der Waals surface area contributed by atoms with Crippen LogP contribution >= 0.6 is 0 Å². The van der Waals surface area contributed by atoms with Gasteiger partial charge in [0.25, 0.3) is 0 Å². The molecule has 3 aromatic rings. The minimum Gasteiger partial charge on any atom is -0.384 e. The zero-order valence-electron chi connectivity index (χ0n) is 13.2. The van der Waals surface area contributed by atoms with Crippen molar-refractivity contribution in [2.75, 3.05) is 13.1 Å². The number of likely N-dealkylation sites (tertiary alicyclic amines) is 1. The largest absolute Gasteiger partial charge is 0.384 e. The zero-order valence-corrected chi connectivity index (χ0v) is 13.2. The second kappa shape index (κ2) is 5.80. The van der Waals surface area contributed by atoms with Crippen LogP contribution in [0.4, 0.5) is 0 Å². The molecule has 0 amide bonds. The van der Waals surface area contributed by atoms with E-state index in [4.69, 9.17) is 0 Å². The normalized spacial score (nSPS) is 21.8. The van der Waals surface area contributed by atoms with E-state index in [1.807, 2.05) is 18.2 Å². The first-order chi connectivity index (χ1) is 11.2. The highest BCUT2D eigenvalue weighted by Crippen LogP contribution is 2.34. The summed E-state index contributed by atoms with van der Waals surface area (Å²) in [6.07, 6.45) is 0.790. The summed E-state index contributed by atoms with van der Waals surface area (Å²) in [6.45, 7) is 2.52. The monoisotopic (exact) mass is 303 g/mol. The average molecular weight is 303 g/mol. The number of β-amino-alcohol motifs (C(OH)–C–C–N with tert-alkyl or cyclic N) is 1. The van der Waals surface area contributed by atoms with E-state index < -0.39 is 5.60 Å². The zero-order chi connectivity index (χ0) is 15.7. The van der Waals surface area contributed by atoms with Crippen molar-refractivity contribution in [1.29, 1.82) is 0 Å². The maximum atomic E-state index is 11.1. The fourth-order valence-corrected chi connectivity index (χ4v) is 3.56. The fourth-order valence-electron chi connectivity index (χ4n) is 3.56. The summed E-state index contributed by atoms with van der Waals surface area (Å²) in [4.78, 5) is 2.34. The maximum Gasteiger partial charge on any atom is 0.103 e. The summed E-state index contributed by atoms with van der Waals surface area (Å²) in [5.74, 6) is 0. The maximum absolute atomic E-state index is 11.1. The quantitative estimate of drug-likeness (QED) is 0.792. The van der Waals surface area contributed by atoms with E-state index in [9.17, 15) is 5.11 Å². The number of benzene rings is 3. The fraction of sp³-hybridized carbons (Fsp3) is 0.238. The Hall–Kier alpha value is -2.16. The molecular formula is C21H21NO. The van der Waals surface area contributed by atoms with Gasteiger partial charge < -0.3 is 5.11 Å². The van der Waals surface area contributed by atoms with Crippen LogP contribution in [-0.4, -0.2) is 23.1 Å². The third kappa shape index (κ3) is 2.88. The Bertz CT molecular complexity index is 814. The van der Waals surface area contributed by atoms with Gasteiger partial charge in [0.2, 0.25) is 0 Å². The molecule has 116 valence electrons. The van der Waals surface area contributed by atoms with Gasteiger partial charge in [0.1, 0.15) is 5.60 Å². The Morgan fingerprint density at radius 3 is 2.43 bits per heavy atom. The van der Waals surface area contributed by atoms with Gasteiger partial charge in [0.15, 0.2) is 0 Å². The predicted molar refractivity (Wildman–Crippen MR) is 94.2 cm³/mol. The number of aliphatic hydroxyl groups is 1. The van der Waals surface area contributed by atoms with Crippen molar-refractivity contribution in [3.8, 4) is 0 Å². The van der Waals surface area contributed by atoms with Gasteiger partial charge in [0, 0.05) is 19.6 Å². The molecule has 1 saturated heterocycles. The molecule has 0 aliphatic carbocycles. The van der Waals surface area contributed by atoms with Gasteiger partial charge in [-0.3, -0.25) is 4.90 Å². The molecule has 4 rings (SSSR count). The molecular weight excluding hydrogens is 282 g/mol. The van der Waals surface area contributed by atoms with Gasteiger partial charge in [-0.2, -0.15) is 0 Å². The van der Waals surface area contributed by atoms with E-state index in [-0.39, 0.29) is 0 Å². The Balaban J connectivity index is 1.56. The summed E-state index contributed by atoms with van der Waals surface area (Å²) in [5, 5.41) is 13.5. The molecule has 0 aromatic heterocycles. The van der Waals surface area contributed by atoms with E-state index in [1.54, 1.807) is 0 Å². The molecule has 1 fully saturated rings. The Labute approximate surface area is 137 Å². The van der Waals surface area contributed by atoms with E-state index in [0.717, 1.165) is 25.1 Å². The average Bonchev–Trinajstić information content (AvgIpc) is 2.97. The number of hydrogen-bond donors (Lipinski definition) is 1. The van der Waals surface area contributed by atoms with Gasteiger partial charge in [-0.15, -0.1) is 0 Å².